The maximum absolute atomic E-state index is 13.0. The van der Waals surface area contributed by atoms with E-state index in [1.165, 1.54) is 0 Å². The van der Waals surface area contributed by atoms with E-state index in [0.717, 1.165) is 22.8 Å². The van der Waals surface area contributed by atoms with Crippen molar-refractivity contribution in [2.45, 2.75) is 0 Å². The van der Waals surface area contributed by atoms with E-state index in [1.807, 2.05) is 47.4 Å². The third-order valence-electron chi connectivity index (χ3n) is 5.84. The van der Waals surface area contributed by atoms with Crippen molar-refractivity contribution >= 4 is 17.4 Å². The Morgan fingerprint density at radius 1 is 1.00 bits per heavy atom. The number of para-hydroxylation sites is 2. The molecule has 0 N–H and O–H groups in total. The summed E-state index contributed by atoms with van der Waals surface area (Å²) in [6, 6.07) is 22.3. The second-order valence-electron chi connectivity index (χ2n) is 7.84. The number of carbonyl (C=O) groups is 1. The van der Waals surface area contributed by atoms with Gasteiger partial charge in [0, 0.05) is 31.7 Å². The fraction of sp³-hybridized carbons (Fsp3) is 0.192. The van der Waals surface area contributed by atoms with Crippen LogP contribution in [0.3, 0.4) is 0 Å². The van der Waals surface area contributed by atoms with Gasteiger partial charge in [-0.2, -0.15) is 5.26 Å². The molecular weight excluding hydrogens is 416 g/mol. The van der Waals surface area contributed by atoms with Gasteiger partial charge in [0.05, 0.1) is 24.3 Å². The number of hydrogen-bond donors (Lipinski definition) is 0. The summed E-state index contributed by atoms with van der Waals surface area (Å²) in [7, 11) is 1.64. The van der Waals surface area contributed by atoms with E-state index < -0.39 is 0 Å². The molecule has 0 aromatic heterocycles. The number of nitriles is 1. The minimum Gasteiger partial charge on any atom is -0.497 e. The fourth-order valence-electron chi connectivity index (χ4n) is 4.10. The summed E-state index contributed by atoms with van der Waals surface area (Å²) in [6.07, 6.45) is 0. The van der Waals surface area contributed by atoms with Crippen LogP contribution in [-0.2, 0) is 0 Å². The maximum Gasteiger partial charge on any atom is 0.254 e. The van der Waals surface area contributed by atoms with Crippen LogP contribution in [0.1, 0.15) is 21.5 Å². The molecule has 1 fully saturated rings. The number of aliphatic imine (C=N–C) groups is 1. The molecule has 1 amide bonds. The van der Waals surface area contributed by atoms with Crippen molar-refractivity contribution < 1.29 is 14.3 Å². The number of piperazine rings is 1. The van der Waals surface area contributed by atoms with Crippen molar-refractivity contribution in [1.29, 1.82) is 5.26 Å². The first-order valence-corrected chi connectivity index (χ1v) is 10.7. The highest BCUT2D eigenvalue weighted by Gasteiger charge is 2.28. The molecule has 2 aliphatic rings. The third-order valence-corrected chi connectivity index (χ3v) is 5.84. The minimum atomic E-state index is -0.0645. The Balaban J connectivity index is 1.42. The number of benzene rings is 3. The molecule has 0 aliphatic carbocycles. The van der Waals surface area contributed by atoms with Gasteiger partial charge in [0.1, 0.15) is 23.0 Å². The highest BCUT2D eigenvalue weighted by atomic mass is 16.5. The summed E-state index contributed by atoms with van der Waals surface area (Å²) in [4.78, 5) is 21.9. The van der Waals surface area contributed by atoms with E-state index in [9.17, 15) is 4.79 Å². The van der Waals surface area contributed by atoms with Gasteiger partial charge in [-0.25, -0.2) is 4.99 Å². The van der Waals surface area contributed by atoms with Crippen LogP contribution in [0.25, 0.3) is 0 Å². The van der Waals surface area contributed by atoms with Crippen molar-refractivity contribution in [2.24, 2.45) is 4.99 Å². The first-order chi connectivity index (χ1) is 16.2. The largest absolute Gasteiger partial charge is 0.497 e. The van der Waals surface area contributed by atoms with Gasteiger partial charge >= 0.3 is 0 Å². The predicted molar refractivity (Wildman–Crippen MR) is 124 cm³/mol. The van der Waals surface area contributed by atoms with Crippen LogP contribution in [-0.4, -0.2) is 54.8 Å². The van der Waals surface area contributed by atoms with Crippen LogP contribution in [0.2, 0.25) is 0 Å². The number of fused-ring (bicyclic) bond motifs is 2. The average Bonchev–Trinajstić information content (AvgIpc) is 3.04. The molecule has 164 valence electrons. The maximum atomic E-state index is 13.0. The molecule has 33 heavy (non-hydrogen) atoms. The van der Waals surface area contributed by atoms with Crippen LogP contribution in [0.15, 0.2) is 71.7 Å². The molecule has 0 bridgehead atoms. The van der Waals surface area contributed by atoms with E-state index in [4.69, 9.17) is 19.7 Å². The Bertz CT molecular complexity index is 1290. The number of amidine groups is 1. The fourth-order valence-corrected chi connectivity index (χ4v) is 4.10. The summed E-state index contributed by atoms with van der Waals surface area (Å²) in [5, 5.41) is 9.13. The van der Waals surface area contributed by atoms with Crippen molar-refractivity contribution in [3.8, 4) is 23.3 Å². The Kier molecular flexibility index (Phi) is 5.41. The molecule has 0 unspecified atom stereocenters. The first-order valence-electron chi connectivity index (χ1n) is 10.7. The second kappa shape index (κ2) is 8.67. The van der Waals surface area contributed by atoms with Crippen molar-refractivity contribution in [3.05, 3.63) is 83.4 Å². The Morgan fingerprint density at radius 3 is 2.61 bits per heavy atom. The van der Waals surface area contributed by atoms with Crippen LogP contribution < -0.4 is 9.47 Å². The molecule has 7 heteroatoms. The molecule has 7 nitrogen and oxygen atoms in total. The van der Waals surface area contributed by atoms with Gasteiger partial charge < -0.3 is 19.3 Å². The lowest BCUT2D eigenvalue weighted by atomic mass is 10.1. The van der Waals surface area contributed by atoms with E-state index in [2.05, 4.69) is 11.0 Å². The predicted octanol–water partition coefficient (Wildman–Crippen LogP) is 4.21. The van der Waals surface area contributed by atoms with E-state index in [0.29, 0.717) is 48.8 Å². The molecule has 5 rings (SSSR count). The quantitative estimate of drug-likeness (QED) is 0.599. The molecular formula is C26H22N4O3. The number of nitrogens with zero attached hydrogens (tertiary/aromatic N) is 4. The highest BCUT2D eigenvalue weighted by molar-refractivity contribution is 6.04. The molecule has 2 heterocycles. The van der Waals surface area contributed by atoms with Gasteiger partial charge in [-0.05, 0) is 48.5 Å². The number of ether oxygens (including phenoxy) is 2. The lowest BCUT2D eigenvalue weighted by Crippen LogP contribution is -2.50. The van der Waals surface area contributed by atoms with Crippen LogP contribution >= 0.6 is 0 Å². The average molecular weight is 438 g/mol. The molecule has 0 radical (unpaired) electrons. The first kappa shape index (κ1) is 20.6. The van der Waals surface area contributed by atoms with Gasteiger partial charge in [0.25, 0.3) is 5.91 Å². The lowest BCUT2D eigenvalue weighted by Gasteiger charge is -2.36. The van der Waals surface area contributed by atoms with E-state index in [1.54, 1.807) is 31.4 Å². The molecule has 3 aromatic carbocycles. The molecule has 1 saturated heterocycles. The van der Waals surface area contributed by atoms with E-state index >= 15 is 0 Å². The zero-order valence-corrected chi connectivity index (χ0v) is 18.2. The zero-order chi connectivity index (χ0) is 22.8. The van der Waals surface area contributed by atoms with Crippen molar-refractivity contribution in [2.75, 3.05) is 33.3 Å². The normalized spacial score (nSPS) is 14.7. The Labute approximate surface area is 192 Å². The molecule has 0 saturated carbocycles. The number of amides is 1. The zero-order valence-electron chi connectivity index (χ0n) is 18.2. The van der Waals surface area contributed by atoms with Crippen molar-refractivity contribution in [3.63, 3.8) is 0 Å². The number of carbonyl (C=O) groups excluding carboxylic acids is 1. The smallest absolute Gasteiger partial charge is 0.254 e. The molecule has 2 aliphatic heterocycles. The van der Waals surface area contributed by atoms with Gasteiger partial charge in [0.2, 0.25) is 0 Å². The SMILES string of the molecule is COc1ccc2c(c1)C(N1CCN(C(=O)c3cccc(C#N)c3)CC1)=Nc1ccccc1O2. The van der Waals surface area contributed by atoms with Crippen molar-refractivity contribution in [1.82, 2.24) is 9.80 Å². The monoisotopic (exact) mass is 438 g/mol. The minimum absolute atomic E-state index is 0.0645. The summed E-state index contributed by atoms with van der Waals surface area (Å²) >= 11 is 0. The number of hydrogen-bond acceptors (Lipinski definition) is 6. The Morgan fingerprint density at radius 2 is 1.82 bits per heavy atom. The second-order valence-corrected chi connectivity index (χ2v) is 7.84. The standard InChI is InChI=1S/C26H22N4O3/c1-32-20-9-10-23-21(16-20)25(28-22-7-2-3-8-24(22)33-23)29-11-13-30(14-12-29)26(31)19-6-4-5-18(15-19)17-27/h2-10,15-16H,11-14H2,1H3. The van der Waals surface area contributed by atoms with Crippen LogP contribution in [0, 0.1) is 11.3 Å². The van der Waals surface area contributed by atoms with Crippen LogP contribution in [0.5, 0.6) is 17.2 Å². The summed E-state index contributed by atoms with van der Waals surface area (Å²) in [6.45, 7) is 2.36. The molecule has 3 aromatic rings. The summed E-state index contributed by atoms with van der Waals surface area (Å²) in [5.41, 5.74) is 2.63. The summed E-state index contributed by atoms with van der Waals surface area (Å²) < 4.78 is 11.6. The number of methoxy groups -OCH3 is 1. The molecule has 0 spiro atoms. The van der Waals surface area contributed by atoms with Gasteiger partial charge in [0.15, 0.2) is 5.75 Å². The van der Waals surface area contributed by atoms with Gasteiger partial charge in [-0.15, -0.1) is 0 Å². The molecule has 0 atom stereocenters. The van der Waals surface area contributed by atoms with Gasteiger partial charge in [-0.3, -0.25) is 4.79 Å². The third kappa shape index (κ3) is 3.99. The van der Waals surface area contributed by atoms with E-state index in [-0.39, 0.29) is 5.91 Å². The van der Waals surface area contributed by atoms with Crippen LogP contribution in [0.4, 0.5) is 5.69 Å². The Hall–Kier alpha value is -4.31. The lowest BCUT2D eigenvalue weighted by molar-refractivity contribution is 0.0692. The number of rotatable bonds is 2. The topological polar surface area (TPSA) is 78.2 Å². The highest BCUT2D eigenvalue weighted by Crippen LogP contribution is 2.39. The van der Waals surface area contributed by atoms with Gasteiger partial charge in [-0.1, -0.05) is 18.2 Å². The summed E-state index contributed by atoms with van der Waals surface area (Å²) in [5.74, 6) is 2.87.